The standard InChI is InChI=1S/C15H26O2/c1-2-3-4-12-7-9-15(10-8-12,14(16)17)11-13-5-6-13/h12-13H,2-11H2,1H3,(H,16,17). The summed E-state index contributed by atoms with van der Waals surface area (Å²) in [6, 6.07) is 0. The van der Waals surface area contributed by atoms with Crippen LogP contribution in [0.1, 0.15) is 71.1 Å². The van der Waals surface area contributed by atoms with Crippen molar-refractivity contribution in [2.24, 2.45) is 17.3 Å². The summed E-state index contributed by atoms with van der Waals surface area (Å²) in [7, 11) is 0. The molecule has 0 aromatic heterocycles. The summed E-state index contributed by atoms with van der Waals surface area (Å²) in [4.78, 5) is 11.6. The Hall–Kier alpha value is -0.530. The van der Waals surface area contributed by atoms with Crippen LogP contribution < -0.4 is 0 Å². The van der Waals surface area contributed by atoms with Crippen molar-refractivity contribution >= 4 is 5.97 Å². The Morgan fingerprint density at radius 2 is 1.82 bits per heavy atom. The predicted octanol–water partition coefficient (Wildman–Crippen LogP) is 4.24. The maximum atomic E-state index is 11.6. The minimum Gasteiger partial charge on any atom is -0.481 e. The molecule has 2 saturated carbocycles. The van der Waals surface area contributed by atoms with Crippen LogP contribution in [0.2, 0.25) is 0 Å². The van der Waals surface area contributed by atoms with Gasteiger partial charge in [0.25, 0.3) is 0 Å². The number of aliphatic carboxylic acids is 1. The first-order valence-corrected chi connectivity index (χ1v) is 7.39. The van der Waals surface area contributed by atoms with E-state index < -0.39 is 5.97 Å². The van der Waals surface area contributed by atoms with Crippen LogP contribution in [0.4, 0.5) is 0 Å². The van der Waals surface area contributed by atoms with Crippen molar-refractivity contribution in [3.05, 3.63) is 0 Å². The first kappa shape index (κ1) is 12.9. The van der Waals surface area contributed by atoms with E-state index in [-0.39, 0.29) is 5.41 Å². The second-order valence-electron chi connectivity index (χ2n) is 6.32. The SMILES string of the molecule is CCCCC1CCC(CC2CC2)(C(=O)O)CC1. The topological polar surface area (TPSA) is 37.3 Å². The number of carboxylic acid groups (broad SMARTS) is 1. The number of carboxylic acids is 1. The summed E-state index contributed by atoms with van der Waals surface area (Å²) < 4.78 is 0. The molecule has 1 N–H and O–H groups in total. The quantitative estimate of drug-likeness (QED) is 0.751. The van der Waals surface area contributed by atoms with Crippen LogP contribution >= 0.6 is 0 Å². The van der Waals surface area contributed by atoms with Crippen LogP contribution in [0, 0.1) is 17.3 Å². The van der Waals surface area contributed by atoms with Crippen LogP contribution in [0.25, 0.3) is 0 Å². The molecule has 2 rings (SSSR count). The van der Waals surface area contributed by atoms with E-state index in [2.05, 4.69) is 6.92 Å². The summed E-state index contributed by atoms with van der Waals surface area (Å²) in [5.41, 5.74) is -0.343. The van der Waals surface area contributed by atoms with E-state index in [1.807, 2.05) is 0 Å². The van der Waals surface area contributed by atoms with E-state index >= 15 is 0 Å². The molecule has 0 aromatic carbocycles. The molecule has 2 heteroatoms. The van der Waals surface area contributed by atoms with E-state index in [0.29, 0.717) is 0 Å². The van der Waals surface area contributed by atoms with Crippen molar-refractivity contribution in [2.75, 3.05) is 0 Å². The molecule has 0 heterocycles. The third kappa shape index (κ3) is 3.23. The molecule has 2 aliphatic carbocycles. The summed E-state index contributed by atoms with van der Waals surface area (Å²) in [6.07, 6.45) is 11.6. The maximum Gasteiger partial charge on any atom is 0.309 e. The number of hydrogen-bond acceptors (Lipinski definition) is 1. The molecule has 2 fully saturated rings. The van der Waals surface area contributed by atoms with Gasteiger partial charge in [-0.25, -0.2) is 0 Å². The van der Waals surface area contributed by atoms with Crippen molar-refractivity contribution < 1.29 is 9.90 Å². The van der Waals surface area contributed by atoms with E-state index in [1.54, 1.807) is 0 Å². The van der Waals surface area contributed by atoms with Gasteiger partial charge in [0.05, 0.1) is 5.41 Å². The highest BCUT2D eigenvalue weighted by Gasteiger charge is 2.45. The Balaban J connectivity index is 1.86. The Morgan fingerprint density at radius 3 is 2.29 bits per heavy atom. The largest absolute Gasteiger partial charge is 0.481 e. The van der Waals surface area contributed by atoms with Gasteiger partial charge >= 0.3 is 5.97 Å². The Bertz CT molecular complexity index is 260. The molecular formula is C15H26O2. The zero-order chi connectivity index (χ0) is 12.3. The monoisotopic (exact) mass is 238 g/mol. The zero-order valence-corrected chi connectivity index (χ0v) is 11.1. The van der Waals surface area contributed by atoms with Gasteiger partial charge in [0, 0.05) is 0 Å². The predicted molar refractivity (Wildman–Crippen MR) is 68.9 cm³/mol. The fourth-order valence-corrected chi connectivity index (χ4v) is 3.39. The second kappa shape index (κ2) is 5.41. The van der Waals surface area contributed by atoms with Gasteiger partial charge in [0.1, 0.15) is 0 Å². The Morgan fingerprint density at radius 1 is 1.18 bits per heavy atom. The van der Waals surface area contributed by atoms with Gasteiger partial charge in [-0.15, -0.1) is 0 Å². The minimum atomic E-state index is -0.515. The third-order valence-corrected chi connectivity index (χ3v) is 4.86. The van der Waals surface area contributed by atoms with E-state index in [9.17, 15) is 9.90 Å². The van der Waals surface area contributed by atoms with Gasteiger partial charge in [-0.05, 0) is 43.9 Å². The lowest BCUT2D eigenvalue weighted by molar-refractivity contribution is -0.152. The first-order chi connectivity index (χ1) is 8.16. The lowest BCUT2D eigenvalue weighted by atomic mass is 9.67. The summed E-state index contributed by atoms with van der Waals surface area (Å²) in [5, 5.41) is 9.53. The van der Waals surface area contributed by atoms with Gasteiger partial charge in [-0.3, -0.25) is 4.79 Å². The average molecular weight is 238 g/mol. The molecule has 0 aliphatic heterocycles. The Kier molecular flexibility index (Phi) is 4.11. The normalized spacial score (nSPS) is 33.6. The summed E-state index contributed by atoms with van der Waals surface area (Å²) in [6.45, 7) is 2.23. The number of carbonyl (C=O) groups is 1. The summed E-state index contributed by atoms with van der Waals surface area (Å²) >= 11 is 0. The lowest BCUT2D eigenvalue weighted by Crippen LogP contribution is -2.36. The van der Waals surface area contributed by atoms with Gasteiger partial charge in [-0.2, -0.15) is 0 Å². The van der Waals surface area contributed by atoms with Gasteiger partial charge in [0.15, 0.2) is 0 Å². The third-order valence-electron chi connectivity index (χ3n) is 4.86. The first-order valence-electron chi connectivity index (χ1n) is 7.39. The second-order valence-corrected chi connectivity index (χ2v) is 6.32. The molecule has 17 heavy (non-hydrogen) atoms. The van der Waals surface area contributed by atoms with Crippen molar-refractivity contribution in [1.82, 2.24) is 0 Å². The fourth-order valence-electron chi connectivity index (χ4n) is 3.39. The van der Waals surface area contributed by atoms with Crippen molar-refractivity contribution in [2.45, 2.75) is 71.1 Å². The molecule has 0 unspecified atom stereocenters. The maximum absolute atomic E-state index is 11.6. The molecule has 0 aromatic rings. The molecular weight excluding hydrogens is 212 g/mol. The minimum absolute atomic E-state index is 0.343. The molecule has 0 amide bonds. The molecule has 0 bridgehead atoms. The lowest BCUT2D eigenvalue weighted by Gasteiger charge is -2.37. The molecule has 0 spiro atoms. The number of hydrogen-bond donors (Lipinski definition) is 1. The fraction of sp³-hybridized carbons (Fsp3) is 0.933. The van der Waals surface area contributed by atoms with Crippen molar-refractivity contribution in [1.29, 1.82) is 0 Å². The van der Waals surface area contributed by atoms with Crippen molar-refractivity contribution in [3.8, 4) is 0 Å². The van der Waals surface area contributed by atoms with Gasteiger partial charge < -0.3 is 5.11 Å². The molecule has 2 nitrogen and oxygen atoms in total. The van der Waals surface area contributed by atoms with Crippen LogP contribution in [0.5, 0.6) is 0 Å². The molecule has 0 radical (unpaired) electrons. The molecule has 98 valence electrons. The molecule has 0 atom stereocenters. The number of rotatable bonds is 6. The van der Waals surface area contributed by atoms with E-state index in [0.717, 1.165) is 43.9 Å². The smallest absolute Gasteiger partial charge is 0.309 e. The van der Waals surface area contributed by atoms with Crippen LogP contribution in [-0.2, 0) is 4.79 Å². The Labute approximate surface area is 105 Å². The highest BCUT2D eigenvalue weighted by Crippen LogP contribution is 2.49. The van der Waals surface area contributed by atoms with E-state index in [1.165, 1.54) is 32.1 Å². The highest BCUT2D eigenvalue weighted by atomic mass is 16.4. The van der Waals surface area contributed by atoms with E-state index in [4.69, 9.17) is 0 Å². The van der Waals surface area contributed by atoms with Crippen molar-refractivity contribution in [3.63, 3.8) is 0 Å². The number of unbranched alkanes of at least 4 members (excludes halogenated alkanes) is 1. The van der Waals surface area contributed by atoms with Gasteiger partial charge in [-0.1, -0.05) is 39.0 Å². The molecule has 2 aliphatic rings. The highest BCUT2D eigenvalue weighted by molar-refractivity contribution is 5.74. The zero-order valence-electron chi connectivity index (χ0n) is 11.1. The average Bonchev–Trinajstić information content (AvgIpc) is 3.12. The van der Waals surface area contributed by atoms with Crippen LogP contribution in [0.15, 0.2) is 0 Å². The molecule has 0 saturated heterocycles. The van der Waals surface area contributed by atoms with Crippen LogP contribution in [0.3, 0.4) is 0 Å². The van der Waals surface area contributed by atoms with Gasteiger partial charge in [0.2, 0.25) is 0 Å². The summed E-state index contributed by atoms with van der Waals surface area (Å²) in [5.74, 6) is 1.03. The van der Waals surface area contributed by atoms with Crippen LogP contribution in [-0.4, -0.2) is 11.1 Å².